The van der Waals surface area contributed by atoms with Crippen molar-refractivity contribution in [1.82, 2.24) is 14.7 Å². The molecule has 1 aromatic carbocycles. The highest BCUT2D eigenvalue weighted by atomic mass is 16.5. The van der Waals surface area contributed by atoms with Gasteiger partial charge in [0.2, 0.25) is 5.88 Å². The van der Waals surface area contributed by atoms with E-state index in [1.807, 2.05) is 25.2 Å². The number of ether oxygens (including phenoxy) is 1. The Morgan fingerprint density at radius 3 is 2.55 bits per heavy atom. The van der Waals surface area contributed by atoms with E-state index in [9.17, 15) is 5.11 Å². The van der Waals surface area contributed by atoms with E-state index in [4.69, 9.17) is 4.74 Å². The Kier molecular flexibility index (Phi) is 5.98. The molecule has 2 rings (SSSR count). The van der Waals surface area contributed by atoms with Crippen LogP contribution in [0.1, 0.15) is 23.7 Å². The fourth-order valence-electron chi connectivity index (χ4n) is 2.72. The van der Waals surface area contributed by atoms with Crippen LogP contribution in [-0.4, -0.2) is 40.0 Å². The second-order valence-corrected chi connectivity index (χ2v) is 5.33. The maximum Gasteiger partial charge on any atom is 0.216 e. The second-order valence-electron chi connectivity index (χ2n) is 5.33. The van der Waals surface area contributed by atoms with Crippen molar-refractivity contribution in [1.29, 1.82) is 0 Å². The third-order valence-electron chi connectivity index (χ3n) is 3.75. The predicted octanol–water partition coefficient (Wildman–Crippen LogP) is 1.99. The van der Waals surface area contributed by atoms with Crippen LogP contribution in [0.25, 0.3) is 0 Å². The normalized spacial score (nSPS) is 11.1. The standard InChI is InChI=1S/C17H25N3O2/c1-4-16-15(17(22-3)19(2)18-16)13-20(10-11-21)12-14-8-6-5-7-9-14/h5-9,21H,4,10-13H2,1-3H3. The SMILES string of the molecule is CCc1nn(C)c(OC)c1CN(CCO)Cc1ccccc1. The van der Waals surface area contributed by atoms with Crippen molar-refractivity contribution < 1.29 is 9.84 Å². The van der Waals surface area contributed by atoms with E-state index in [1.54, 1.807) is 11.8 Å². The van der Waals surface area contributed by atoms with E-state index in [0.717, 1.165) is 36.6 Å². The molecule has 0 fully saturated rings. The van der Waals surface area contributed by atoms with Gasteiger partial charge in [0.15, 0.2) is 0 Å². The molecule has 5 heteroatoms. The van der Waals surface area contributed by atoms with Gasteiger partial charge in [0.1, 0.15) is 0 Å². The number of hydrogen-bond donors (Lipinski definition) is 1. The summed E-state index contributed by atoms with van der Waals surface area (Å²) in [7, 11) is 3.57. The molecule has 0 aliphatic heterocycles. The van der Waals surface area contributed by atoms with Crippen LogP contribution in [0.3, 0.4) is 0 Å². The highest BCUT2D eigenvalue weighted by molar-refractivity contribution is 5.32. The van der Waals surface area contributed by atoms with E-state index in [1.165, 1.54) is 5.56 Å². The number of aliphatic hydroxyl groups excluding tert-OH is 1. The molecule has 0 saturated heterocycles. The molecule has 1 aromatic heterocycles. The number of benzene rings is 1. The molecule has 22 heavy (non-hydrogen) atoms. The summed E-state index contributed by atoms with van der Waals surface area (Å²) in [4.78, 5) is 2.22. The topological polar surface area (TPSA) is 50.5 Å². The van der Waals surface area contributed by atoms with Crippen LogP contribution in [0.15, 0.2) is 30.3 Å². The molecule has 0 spiro atoms. The van der Waals surface area contributed by atoms with Gasteiger partial charge in [-0.25, -0.2) is 4.68 Å². The summed E-state index contributed by atoms with van der Waals surface area (Å²) >= 11 is 0. The molecule has 120 valence electrons. The monoisotopic (exact) mass is 303 g/mol. The summed E-state index contributed by atoms with van der Waals surface area (Å²) in [6, 6.07) is 10.3. The van der Waals surface area contributed by atoms with Crippen LogP contribution in [0, 0.1) is 0 Å². The fourth-order valence-corrected chi connectivity index (χ4v) is 2.72. The van der Waals surface area contributed by atoms with Crippen LogP contribution in [-0.2, 0) is 26.6 Å². The maximum atomic E-state index is 9.36. The summed E-state index contributed by atoms with van der Waals surface area (Å²) in [6.07, 6.45) is 0.866. The van der Waals surface area contributed by atoms with Crippen molar-refractivity contribution in [3.05, 3.63) is 47.2 Å². The van der Waals surface area contributed by atoms with Crippen molar-refractivity contribution in [2.24, 2.45) is 7.05 Å². The van der Waals surface area contributed by atoms with Gasteiger partial charge < -0.3 is 9.84 Å². The average Bonchev–Trinajstić information content (AvgIpc) is 2.83. The summed E-state index contributed by atoms with van der Waals surface area (Å²) in [6.45, 7) is 4.37. The molecule has 5 nitrogen and oxygen atoms in total. The third-order valence-corrected chi connectivity index (χ3v) is 3.75. The Morgan fingerprint density at radius 1 is 1.23 bits per heavy atom. The molecule has 0 bridgehead atoms. The van der Waals surface area contributed by atoms with Crippen molar-refractivity contribution in [3.63, 3.8) is 0 Å². The first-order valence-corrected chi connectivity index (χ1v) is 7.65. The predicted molar refractivity (Wildman–Crippen MR) is 86.8 cm³/mol. The number of rotatable bonds is 8. The van der Waals surface area contributed by atoms with E-state index < -0.39 is 0 Å². The molecule has 0 radical (unpaired) electrons. The number of aliphatic hydroxyl groups is 1. The van der Waals surface area contributed by atoms with Gasteiger partial charge in [0.25, 0.3) is 0 Å². The minimum atomic E-state index is 0.136. The van der Waals surface area contributed by atoms with E-state index >= 15 is 0 Å². The number of hydrogen-bond acceptors (Lipinski definition) is 4. The van der Waals surface area contributed by atoms with Crippen molar-refractivity contribution in [3.8, 4) is 5.88 Å². The third kappa shape index (κ3) is 3.87. The summed E-state index contributed by atoms with van der Waals surface area (Å²) in [5, 5.41) is 13.9. The molecule has 0 atom stereocenters. The molecule has 0 saturated carbocycles. The smallest absolute Gasteiger partial charge is 0.216 e. The van der Waals surface area contributed by atoms with Gasteiger partial charge in [-0.15, -0.1) is 0 Å². The Hall–Kier alpha value is -1.85. The van der Waals surface area contributed by atoms with Crippen LogP contribution in [0.4, 0.5) is 0 Å². The summed E-state index contributed by atoms with van der Waals surface area (Å²) in [5.74, 6) is 0.799. The Morgan fingerprint density at radius 2 is 1.95 bits per heavy atom. The van der Waals surface area contributed by atoms with Crippen molar-refractivity contribution >= 4 is 0 Å². The van der Waals surface area contributed by atoms with Gasteiger partial charge in [-0.2, -0.15) is 5.10 Å². The molecule has 2 aromatic rings. The highest BCUT2D eigenvalue weighted by Gasteiger charge is 2.18. The lowest BCUT2D eigenvalue weighted by molar-refractivity contribution is 0.182. The van der Waals surface area contributed by atoms with Crippen LogP contribution < -0.4 is 4.74 Å². The van der Waals surface area contributed by atoms with Gasteiger partial charge in [-0.3, -0.25) is 4.90 Å². The zero-order valence-electron chi connectivity index (χ0n) is 13.6. The lowest BCUT2D eigenvalue weighted by Crippen LogP contribution is -2.26. The van der Waals surface area contributed by atoms with Crippen molar-refractivity contribution in [2.45, 2.75) is 26.4 Å². The fraction of sp³-hybridized carbons (Fsp3) is 0.471. The van der Waals surface area contributed by atoms with Crippen LogP contribution in [0.2, 0.25) is 0 Å². The highest BCUT2D eigenvalue weighted by Crippen LogP contribution is 2.24. The van der Waals surface area contributed by atoms with E-state index in [-0.39, 0.29) is 6.61 Å². The molecule has 1 heterocycles. The molecule has 1 N–H and O–H groups in total. The average molecular weight is 303 g/mol. The summed E-state index contributed by atoms with van der Waals surface area (Å²) < 4.78 is 7.28. The van der Waals surface area contributed by atoms with Crippen LogP contribution in [0.5, 0.6) is 5.88 Å². The maximum absolute atomic E-state index is 9.36. The molecular formula is C17H25N3O2. The zero-order chi connectivity index (χ0) is 15.9. The van der Waals surface area contributed by atoms with Gasteiger partial charge in [-0.05, 0) is 12.0 Å². The number of aromatic nitrogens is 2. The van der Waals surface area contributed by atoms with Gasteiger partial charge in [0, 0.05) is 26.7 Å². The minimum absolute atomic E-state index is 0.136. The Balaban J connectivity index is 2.20. The molecular weight excluding hydrogens is 278 g/mol. The van der Waals surface area contributed by atoms with Gasteiger partial charge >= 0.3 is 0 Å². The molecule has 0 aliphatic rings. The zero-order valence-corrected chi connectivity index (χ0v) is 13.6. The first kappa shape index (κ1) is 16.5. The summed E-state index contributed by atoms with van der Waals surface area (Å²) in [5.41, 5.74) is 3.39. The second kappa shape index (κ2) is 7.96. The van der Waals surface area contributed by atoms with E-state index in [2.05, 4.69) is 29.1 Å². The first-order valence-electron chi connectivity index (χ1n) is 7.65. The number of aryl methyl sites for hydroxylation is 2. The largest absolute Gasteiger partial charge is 0.481 e. The lowest BCUT2D eigenvalue weighted by atomic mass is 10.1. The van der Waals surface area contributed by atoms with Gasteiger partial charge in [0.05, 0.1) is 25.0 Å². The molecule has 0 aliphatic carbocycles. The van der Waals surface area contributed by atoms with Gasteiger partial charge in [-0.1, -0.05) is 37.3 Å². The Labute approximate surface area is 132 Å². The number of methoxy groups -OCH3 is 1. The molecule has 0 unspecified atom stereocenters. The number of nitrogens with zero attached hydrogens (tertiary/aromatic N) is 3. The lowest BCUT2D eigenvalue weighted by Gasteiger charge is -2.22. The van der Waals surface area contributed by atoms with Crippen molar-refractivity contribution in [2.75, 3.05) is 20.3 Å². The quantitative estimate of drug-likeness (QED) is 0.810. The minimum Gasteiger partial charge on any atom is -0.481 e. The first-order chi connectivity index (χ1) is 10.7. The van der Waals surface area contributed by atoms with Crippen LogP contribution >= 0.6 is 0 Å². The molecule has 0 amide bonds. The van der Waals surface area contributed by atoms with E-state index in [0.29, 0.717) is 6.54 Å². The Bertz CT molecular complexity index is 581.